The van der Waals surface area contributed by atoms with Crippen molar-refractivity contribution in [2.45, 2.75) is 58.4 Å². The second kappa shape index (κ2) is 14.3. The van der Waals surface area contributed by atoms with Gasteiger partial charge in [-0.25, -0.2) is 5.06 Å². The number of hydrogen-bond acceptors (Lipinski definition) is 6. The van der Waals surface area contributed by atoms with E-state index in [0.29, 0.717) is 37.6 Å². The summed E-state index contributed by atoms with van der Waals surface area (Å²) in [6, 6.07) is -0.278. The molecule has 8 heteroatoms. The number of rotatable bonds is 12. The average Bonchev–Trinajstić information content (AvgIpc) is 3.43. The van der Waals surface area contributed by atoms with E-state index in [-0.39, 0.29) is 37.1 Å². The van der Waals surface area contributed by atoms with Gasteiger partial charge in [0.1, 0.15) is 0 Å². The minimum atomic E-state index is -0.824. The van der Waals surface area contributed by atoms with Crippen LogP contribution in [0.25, 0.3) is 0 Å². The quantitative estimate of drug-likeness (QED) is 0.344. The lowest BCUT2D eigenvalue weighted by molar-refractivity contribution is -0.188. The molecule has 2 fully saturated rings. The zero-order chi connectivity index (χ0) is 27.6. The largest absolute Gasteiger partial charge is 0.481 e. The first-order valence-corrected chi connectivity index (χ1v) is 14.3. The summed E-state index contributed by atoms with van der Waals surface area (Å²) in [5.41, 5.74) is 1.30. The third-order valence-electron chi connectivity index (χ3n) is 7.74. The number of carboxylic acids is 1. The van der Waals surface area contributed by atoms with Gasteiger partial charge in [-0.3, -0.25) is 19.3 Å². The molecule has 2 aliphatic heterocycles. The van der Waals surface area contributed by atoms with E-state index in [1.807, 2.05) is 50.3 Å². The average molecular weight is 539 g/mol. The number of likely N-dealkylation sites (tertiary alicyclic amines) is 1. The molecule has 0 bridgehead atoms. The van der Waals surface area contributed by atoms with Crippen molar-refractivity contribution < 1.29 is 29.0 Å². The van der Waals surface area contributed by atoms with E-state index in [1.165, 1.54) is 10.6 Å². The van der Waals surface area contributed by atoms with Crippen LogP contribution in [-0.2, 0) is 23.9 Å². The Morgan fingerprint density at radius 2 is 1.95 bits per heavy atom. The topological polar surface area (TPSA) is 88.5 Å². The number of nitrogens with zero attached hydrogens (tertiary/aromatic N) is 2. The van der Waals surface area contributed by atoms with Gasteiger partial charge < -0.3 is 14.6 Å². The maximum absolute atomic E-state index is 13.4. The summed E-state index contributed by atoms with van der Waals surface area (Å²) in [6.45, 7) is 5.81. The number of carboxylic acid groups (broad SMARTS) is 1. The van der Waals surface area contributed by atoms with Crippen LogP contribution in [0.2, 0.25) is 0 Å². The molecule has 2 saturated heterocycles. The standard InChI is InChI=1S/C31H42N2O6/c1-3-17-33(39-18-4-2)29(34)21-32-20-25(24-13-10-14-27-28(19-24)38-22-37-27)30(31(35)36)26(32)16-15-23-11-8-6-5-7-9-12-23/h5-8,10-11,13-14,19,24-26,30H,3-4,9,12,15-18,20-22H2,1-2H3,(H,35,36)/b7-5-,8-6-,23-11+/t24?,25-,26+,30-/m1/s1. The second-order valence-electron chi connectivity index (χ2n) is 10.5. The Labute approximate surface area is 231 Å². The van der Waals surface area contributed by atoms with Gasteiger partial charge in [-0.15, -0.1) is 0 Å². The summed E-state index contributed by atoms with van der Waals surface area (Å²) in [7, 11) is 0. The molecule has 4 rings (SSSR count). The Balaban J connectivity index is 1.58. The Bertz CT molecular complexity index is 1060. The summed E-state index contributed by atoms with van der Waals surface area (Å²) in [5.74, 6) is -0.624. The number of carbonyl (C=O) groups is 2. The number of amides is 1. The minimum absolute atomic E-state index is 0.121. The van der Waals surface area contributed by atoms with E-state index in [1.54, 1.807) is 0 Å². The fourth-order valence-corrected chi connectivity index (χ4v) is 5.85. The van der Waals surface area contributed by atoms with Gasteiger partial charge in [0.15, 0.2) is 11.5 Å². The predicted octanol–water partition coefficient (Wildman–Crippen LogP) is 5.14. The van der Waals surface area contributed by atoms with Crippen molar-refractivity contribution in [2.24, 2.45) is 17.8 Å². The highest BCUT2D eigenvalue weighted by atomic mass is 16.7. The summed E-state index contributed by atoms with van der Waals surface area (Å²) in [4.78, 5) is 34.1. The Morgan fingerprint density at radius 3 is 2.74 bits per heavy atom. The number of hydroxylamine groups is 2. The van der Waals surface area contributed by atoms with Gasteiger partial charge in [0, 0.05) is 25.0 Å². The molecule has 2 heterocycles. The molecule has 39 heavy (non-hydrogen) atoms. The maximum Gasteiger partial charge on any atom is 0.308 e. The smallest absolute Gasteiger partial charge is 0.308 e. The van der Waals surface area contributed by atoms with Crippen molar-refractivity contribution >= 4 is 11.9 Å². The van der Waals surface area contributed by atoms with E-state index in [9.17, 15) is 14.7 Å². The lowest BCUT2D eigenvalue weighted by atomic mass is 9.79. The molecule has 212 valence electrons. The van der Waals surface area contributed by atoms with Crippen LogP contribution in [0, 0.1) is 17.8 Å². The van der Waals surface area contributed by atoms with Crippen LogP contribution < -0.4 is 0 Å². The molecule has 4 atom stereocenters. The highest BCUT2D eigenvalue weighted by Gasteiger charge is 2.48. The number of carbonyl (C=O) groups excluding carboxylic acids is 1. The maximum atomic E-state index is 13.4. The summed E-state index contributed by atoms with van der Waals surface area (Å²) in [6.07, 6.45) is 23.2. The Kier molecular flexibility index (Phi) is 10.6. The van der Waals surface area contributed by atoms with E-state index in [4.69, 9.17) is 14.3 Å². The zero-order valence-electron chi connectivity index (χ0n) is 23.2. The molecule has 4 aliphatic rings. The van der Waals surface area contributed by atoms with Crippen LogP contribution in [0.4, 0.5) is 0 Å². The third kappa shape index (κ3) is 7.51. The SMILES string of the molecule is CCCON(CCC)C(=O)CN1C[C@H](C2C=CC=C3OCOC3=C2)[C@@H](C(=O)O)[C@@H]1CC/C1=C/C=C\C=C/CC1. The van der Waals surface area contributed by atoms with Crippen LogP contribution in [0.15, 0.2) is 71.8 Å². The van der Waals surface area contributed by atoms with Crippen LogP contribution in [0.5, 0.6) is 0 Å². The molecular formula is C31H42N2O6. The fraction of sp³-hybridized carbons (Fsp3) is 0.548. The van der Waals surface area contributed by atoms with Gasteiger partial charge in [0.05, 0.1) is 19.1 Å². The van der Waals surface area contributed by atoms with Crippen LogP contribution in [0.1, 0.15) is 52.4 Å². The third-order valence-corrected chi connectivity index (χ3v) is 7.74. The van der Waals surface area contributed by atoms with Crippen LogP contribution >= 0.6 is 0 Å². The van der Waals surface area contributed by atoms with E-state index < -0.39 is 11.9 Å². The van der Waals surface area contributed by atoms with Gasteiger partial charge in [-0.1, -0.05) is 62.0 Å². The highest BCUT2D eigenvalue weighted by Crippen LogP contribution is 2.41. The molecule has 0 aromatic carbocycles. The van der Waals surface area contributed by atoms with Gasteiger partial charge in [0.25, 0.3) is 5.91 Å². The van der Waals surface area contributed by atoms with Crippen LogP contribution in [-0.4, -0.2) is 66.0 Å². The molecule has 0 spiro atoms. The van der Waals surface area contributed by atoms with Crippen molar-refractivity contribution in [2.75, 3.05) is 33.0 Å². The molecule has 0 radical (unpaired) electrons. The van der Waals surface area contributed by atoms with Gasteiger partial charge in [-0.2, -0.15) is 0 Å². The first kappa shape index (κ1) is 28.9. The number of aliphatic carboxylic acids is 1. The summed E-state index contributed by atoms with van der Waals surface area (Å²) in [5, 5.41) is 12.0. The van der Waals surface area contributed by atoms with Gasteiger partial charge in [-0.05, 0) is 56.6 Å². The molecule has 2 aliphatic carbocycles. The molecule has 1 unspecified atom stereocenters. The summed E-state index contributed by atoms with van der Waals surface area (Å²) >= 11 is 0. The van der Waals surface area contributed by atoms with Crippen molar-refractivity contribution in [1.29, 1.82) is 0 Å². The molecular weight excluding hydrogens is 496 g/mol. The van der Waals surface area contributed by atoms with E-state index >= 15 is 0 Å². The van der Waals surface area contributed by atoms with E-state index in [0.717, 1.165) is 32.1 Å². The Hall–Kier alpha value is -3.10. The highest BCUT2D eigenvalue weighted by molar-refractivity contribution is 5.78. The van der Waals surface area contributed by atoms with Crippen molar-refractivity contribution in [1.82, 2.24) is 9.96 Å². The molecule has 8 nitrogen and oxygen atoms in total. The predicted molar refractivity (Wildman–Crippen MR) is 149 cm³/mol. The number of fused-ring (bicyclic) bond motifs is 1. The first-order valence-electron chi connectivity index (χ1n) is 14.3. The monoisotopic (exact) mass is 538 g/mol. The minimum Gasteiger partial charge on any atom is -0.481 e. The molecule has 0 aromatic heterocycles. The Morgan fingerprint density at radius 1 is 1.10 bits per heavy atom. The zero-order valence-corrected chi connectivity index (χ0v) is 23.2. The lowest BCUT2D eigenvalue weighted by Gasteiger charge is -2.29. The molecule has 1 N–H and O–H groups in total. The van der Waals surface area contributed by atoms with Crippen molar-refractivity contribution in [3.05, 3.63) is 71.8 Å². The van der Waals surface area contributed by atoms with Crippen molar-refractivity contribution in [3.63, 3.8) is 0 Å². The van der Waals surface area contributed by atoms with Gasteiger partial charge >= 0.3 is 5.97 Å². The lowest BCUT2D eigenvalue weighted by Crippen LogP contribution is -2.44. The molecule has 0 saturated carbocycles. The van der Waals surface area contributed by atoms with E-state index in [2.05, 4.69) is 23.1 Å². The normalized spacial score (nSPS) is 29.3. The number of allylic oxidation sites excluding steroid dienone is 10. The van der Waals surface area contributed by atoms with Gasteiger partial charge in [0.2, 0.25) is 6.79 Å². The van der Waals surface area contributed by atoms with Crippen molar-refractivity contribution in [3.8, 4) is 0 Å². The summed E-state index contributed by atoms with van der Waals surface area (Å²) < 4.78 is 11.2. The molecule has 0 aromatic rings. The number of hydrogen-bond donors (Lipinski definition) is 1. The number of ether oxygens (including phenoxy) is 2. The second-order valence-corrected chi connectivity index (χ2v) is 10.5. The fourth-order valence-electron chi connectivity index (χ4n) is 5.85. The molecule has 1 amide bonds. The first-order chi connectivity index (χ1) is 19.0. The van der Waals surface area contributed by atoms with Crippen LogP contribution in [0.3, 0.4) is 0 Å².